The van der Waals surface area contributed by atoms with Crippen molar-refractivity contribution >= 4 is 17.5 Å². The predicted molar refractivity (Wildman–Crippen MR) is 75.7 cm³/mol. The molecular weight excluding hydrogens is 248 g/mol. The highest BCUT2D eigenvalue weighted by molar-refractivity contribution is 6.31. The Kier molecular flexibility index (Phi) is 5.63. The summed E-state index contributed by atoms with van der Waals surface area (Å²) in [4.78, 5) is 12.0. The Hall–Kier alpha value is -1.06. The predicted octanol–water partition coefficient (Wildman–Crippen LogP) is 2.52. The molecule has 0 radical (unpaired) electrons. The van der Waals surface area contributed by atoms with E-state index in [1.165, 1.54) is 0 Å². The van der Waals surface area contributed by atoms with E-state index in [9.17, 15) is 4.79 Å². The van der Waals surface area contributed by atoms with Crippen LogP contribution in [0, 0.1) is 0 Å². The lowest BCUT2D eigenvalue weighted by Crippen LogP contribution is -2.53. The first-order valence-corrected chi connectivity index (χ1v) is 6.69. The third kappa shape index (κ3) is 3.72. The number of nitrogens with two attached hydrogens (primary N) is 1. The van der Waals surface area contributed by atoms with Crippen LogP contribution in [0.25, 0.3) is 0 Å². The number of benzene rings is 1. The van der Waals surface area contributed by atoms with E-state index in [4.69, 9.17) is 17.3 Å². The zero-order chi connectivity index (χ0) is 13.6. The molecule has 0 atom stereocenters. The third-order valence-corrected chi connectivity index (χ3v) is 3.83. The van der Waals surface area contributed by atoms with Gasteiger partial charge >= 0.3 is 0 Å². The van der Waals surface area contributed by atoms with Crippen molar-refractivity contribution in [3.8, 4) is 0 Å². The Labute approximate surface area is 114 Å². The molecule has 4 heteroatoms. The third-order valence-electron chi connectivity index (χ3n) is 3.46. The first kappa shape index (κ1) is 15.0. The Bertz CT molecular complexity index is 394. The minimum Gasteiger partial charge on any atom is -0.349 e. The maximum atomic E-state index is 12.0. The number of halogens is 1. The summed E-state index contributed by atoms with van der Waals surface area (Å²) in [6.45, 7) is 4.52. The van der Waals surface area contributed by atoms with Gasteiger partial charge in [-0.05, 0) is 24.5 Å². The molecule has 1 aromatic rings. The second kappa shape index (κ2) is 6.76. The average molecular weight is 269 g/mol. The molecule has 0 saturated carbocycles. The molecule has 1 aromatic carbocycles. The number of rotatable bonds is 6. The molecule has 1 rings (SSSR count). The summed E-state index contributed by atoms with van der Waals surface area (Å²) in [5, 5.41) is 3.66. The molecule has 0 spiro atoms. The maximum absolute atomic E-state index is 12.0. The van der Waals surface area contributed by atoms with Crippen LogP contribution in [0.5, 0.6) is 0 Å². The Morgan fingerprint density at radius 1 is 1.33 bits per heavy atom. The smallest absolute Gasteiger partial charge is 0.224 e. The van der Waals surface area contributed by atoms with Crippen LogP contribution < -0.4 is 11.1 Å². The molecule has 0 aliphatic heterocycles. The number of carbonyl (C=O) groups excluding carboxylic acids is 1. The molecule has 100 valence electrons. The number of nitrogens with one attached hydrogen (secondary N) is 1. The SMILES string of the molecule is CCC(CC)(CN)NC(=O)Cc1ccccc1Cl. The molecule has 0 saturated heterocycles. The van der Waals surface area contributed by atoms with E-state index in [1.54, 1.807) is 6.07 Å². The van der Waals surface area contributed by atoms with E-state index in [2.05, 4.69) is 5.32 Å². The van der Waals surface area contributed by atoms with E-state index in [-0.39, 0.29) is 11.4 Å². The molecule has 0 aliphatic rings. The second-order valence-corrected chi connectivity index (χ2v) is 4.92. The van der Waals surface area contributed by atoms with Crippen LogP contribution in [-0.4, -0.2) is 18.0 Å². The summed E-state index contributed by atoms with van der Waals surface area (Å²) in [6, 6.07) is 7.39. The number of hydrogen-bond acceptors (Lipinski definition) is 2. The van der Waals surface area contributed by atoms with Gasteiger partial charge in [0.25, 0.3) is 0 Å². The topological polar surface area (TPSA) is 55.1 Å². The average Bonchev–Trinajstić information content (AvgIpc) is 2.39. The quantitative estimate of drug-likeness (QED) is 0.833. The van der Waals surface area contributed by atoms with Crippen molar-refractivity contribution in [2.75, 3.05) is 6.54 Å². The normalized spacial score (nSPS) is 11.3. The number of carbonyl (C=O) groups is 1. The summed E-state index contributed by atoms with van der Waals surface area (Å²) in [7, 11) is 0. The molecule has 0 aromatic heterocycles. The highest BCUT2D eigenvalue weighted by Crippen LogP contribution is 2.17. The van der Waals surface area contributed by atoms with Crippen LogP contribution in [0.1, 0.15) is 32.3 Å². The van der Waals surface area contributed by atoms with Crippen LogP contribution in [0.3, 0.4) is 0 Å². The Balaban J connectivity index is 2.70. The fourth-order valence-electron chi connectivity index (χ4n) is 1.92. The molecule has 1 amide bonds. The molecule has 3 N–H and O–H groups in total. The van der Waals surface area contributed by atoms with Gasteiger partial charge in [-0.25, -0.2) is 0 Å². The first-order valence-electron chi connectivity index (χ1n) is 6.31. The minimum atomic E-state index is -0.293. The van der Waals surface area contributed by atoms with Crippen LogP contribution in [-0.2, 0) is 11.2 Å². The zero-order valence-corrected chi connectivity index (χ0v) is 11.8. The summed E-state index contributed by atoms with van der Waals surface area (Å²) < 4.78 is 0. The summed E-state index contributed by atoms with van der Waals surface area (Å²) in [5.41, 5.74) is 6.31. The zero-order valence-electron chi connectivity index (χ0n) is 11.0. The van der Waals surface area contributed by atoms with E-state index in [0.29, 0.717) is 18.0 Å². The van der Waals surface area contributed by atoms with Gasteiger partial charge in [-0.3, -0.25) is 4.79 Å². The van der Waals surface area contributed by atoms with Crippen LogP contribution >= 0.6 is 11.6 Å². The largest absolute Gasteiger partial charge is 0.349 e. The fraction of sp³-hybridized carbons (Fsp3) is 0.500. The van der Waals surface area contributed by atoms with Gasteiger partial charge in [0.05, 0.1) is 12.0 Å². The molecule has 18 heavy (non-hydrogen) atoms. The second-order valence-electron chi connectivity index (χ2n) is 4.51. The molecule has 3 nitrogen and oxygen atoms in total. The van der Waals surface area contributed by atoms with Gasteiger partial charge in [0.15, 0.2) is 0 Å². The van der Waals surface area contributed by atoms with E-state index in [0.717, 1.165) is 18.4 Å². The van der Waals surface area contributed by atoms with Gasteiger partial charge in [-0.15, -0.1) is 0 Å². The minimum absolute atomic E-state index is 0.0303. The lowest BCUT2D eigenvalue weighted by molar-refractivity contribution is -0.122. The monoisotopic (exact) mass is 268 g/mol. The fourth-order valence-corrected chi connectivity index (χ4v) is 2.12. The molecule has 0 fully saturated rings. The summed E-state index contributed by atoms with van der Waals surface area (Å²) in [6.07, 6.45) is 1.95. The summed E-state index contributed by atoms with van der Waals surface area (Å²) in [5.74, 6) is -0.0303. The van der Waals surface area contributed by atoms with Gasteiger partial charge in [0.2, 0.25) is 5.91 Å². The number of amides is 1. The number of hydrogen-bond donors (Lipinski definition) is 2. The Morgan fingerprint density at radius 2 is 1.94 bits per heavy atom. The standard InChI is InChI=1S/C14H21ClN2O/c1-3-14(4-2,10-16)17-13(18)9-11-7-5-6-8-12(11)15/h5-8H,3-4,9-10,16H2,1-2H3,(H,17,18). The lowest BCUT2D eigenvalue weighted by atomic mass is 9.92. The van der Waals surface area contributed by atoms with Crippen molar-refractivity contribution in [3.05, 3.63) is 34.9 Å². The molecular formula is C14H21ClN2O. The van der Waals surface area contributed by atoms with Gasteiger partial charge < -0.3 is 11.1 Å². The van der Waals surface area contributed by atoms with E-state index < -0.39 is 0 Å². The molecule has 0 unspecified atom stereocenters. The van der Waals surface area contributed by atoms with Gasteiger partial charge in [0, 0.05) is 11.6 Å². The van der Waals surface area contributed by atoms with Gasteiger partial charge in [0.1, 0.15) is 0 Å². The summed E-state index contributed by atoms with van der Waals surface area (Å²) >= 11 is 6.04. The van der Waals surface area contributed by atoms with E-state index in [1.807, 2.05) is 32.0 Å². The van der Waals surface area contributed by atoms with Crippen molar-refractivity contribution in [1.82, 2.24) is 5.32 Å². The highest BCUT2D eigenvalue weighted by Gasteiger charge is 2.26. The van der Waals surface area contributed by atoms with Crippen LogP contribution in [0.4, 0.5) is 0 Å². The molecule has 0 aliphatic carbocycles. The maximum Gasteiger partial charge on any atom is 0.224 e. The van der Waals surface area contributed by atoms with Crippen molar-refractivity contribution in [2.24, 2.45) is 5.73 Å². The van der Waals surface area contributed by atoms with Gasteiger partial charge in [-0.1, -0.05) is 43.6 Å². The van der Waals surface area contributed by atoms with Crippen molar-refractivity contribution in [2.45, 2.75) is 38.6 Å². The molecule has 0 heterocycles. The first-order chi connectivity index (χ1) is 8.56. The van der Waals surface area contributed by atoms with Crippen molar-refractivity contribution in [3.63, 3.8) is 0 Å². The Morgan fingerprint density at radius 3 is 2.44 bits per heavy atom. The van der Waals surface area contributed by atoms with Crippen LogP contribution in [0.15, 0.2) is 24.3 Å². The molecule has 0 bridgehead atoms. The van der Waals surface area contributed by atoms with Crippen molar-refractivity contribution < 1.29 is 4.79 Å². The van der Waals surface area contributed by atoms with E-state index >= 15 is 0 Å². The lowest BCUT2D eigenvalue weighted by Gasteiger charge is -2.31. The highest BCUT2D eigenvalue weighted by atomic mass is 35.5. The van der Waals surface area contributed by atoms with Crippen molar-refractivity contribution in [1.29, 1.82) is 0 Å². The van der Waals surface area contributed by atoms with Gasteiger partial charge in [-0.2, -0.15) is 0 Å². The van der Waals surface area contributed by atoms with Crippen LogP contribution in [0.2, 0.25) is 5.02 Å².